The molecule has 2 aromatic heterocycles. The van der Waals surface area contributed by atoms with Crippen molar-refractivity contribution in [3.05, 3.63) is 52.8 Å². The second-order valence-electron chi connectivity index (χ2n) is 9.28. The highest BCUT2D eigenvalue weighted by molar-refractivity contribution is 9.10. The van der Waals surface area contributed by atoms with Gasteiger partial charge in [0.05, 0.1) is 11.0 Å². The van der Waals surface area contributed by atoms with Gasteiger partial charge in [-0.05, 0) is 90.5 Å². The van der Waals surface area contributed by atoms with Crippen LogP contribution in [0.4, 0.5) is 0 Å². The van der Waals surface area contributed by atoms with Gasteiger partial charge in [0, 0.05) is 31.6 Å². The lowest BCUT2D eigenvalue weighted by atomic mass is 9.90. The summed E-state index contributed by atoms with van der Waals surface area (Å²) < 4.78 is 62.4. The minimum absolute atomic E-state index is 0.00532. The molecule has 1 N–H and O–H groups in total. The zero-order valence-corrected chi connectivity index (χ0v) is 23.9. The number of sulfonamides is 2. The fraction of sp³-hybridized carbons (Fsp3) is 0.417. The van der Waals surface area contributed by atoms with Gasteiger partial charge in [0.2, 0.25) is 15.9 Å². The van der Waals surface area contributed by atoms with E-state index in [4.69, 9.17) is 4.74 Å². The summed E-state index contributed by atoms with van der Waals surface area (Å²) in [6.07, 6.45) is 2.88. The molecule has 0 radical (unpaired) electrons. The average Bonchev–Trinajstić information content (AvgIpc) is 3.15. The molecule has 10 nitrogen and oxygen atoms in total. The molecule has 3 aromatic rings. The number of amides is 1. The number of hydrogen-bond donors (Lipinski definition) is 1. The van der Waals surface area contributed by atoms with Gasteiger partial charge in [0.15, 0.2) is 0 Å². The first-order valence-corrected chi connectivity index (χ1v) is 15.7. The number of aromatic nitrogens is 2. The van der Waals surface area contributed by atoms with Crippen LogP contribution >= 0.6 is 15.9 Å². The van der Waals surface area contributed by atoms with Gasteiger partial charge in [0.1, 0.15) is 21.9 Å². The van der Waals surface area contributed by atoms with Crippen molar-refractivity contribution in [3.8, 4) is 5.75 Å². The summed E-state index contributed by atoms with van der Waals surface area (Å²) in [6.45, 7) is 5.61. The quantitative estimate of drug-likeness (QED) is 0.385. The van der Waals surface area contributed by atoms with Crippen molar-refractivity contribution in [1.82, 2.24) is 18.6 Å². The first kappa shape index (κ1) is 27.6. The van der Waals surface area contributed by atoms with Crippen LogP contribution in [0.5, 0.6) is 5.75 Å². The van der Waals surface area contributed by atoms with Crippen LogP contribution in [0.15, 0.2) is 52.1 Å². The van der Waals surface area contributed by atoms with Gasteiger partial charge >= 0.3 is 0 Å². The lowest BCUT2D eigenvalue weighted by molar-refractivity contribution is -0.117. The molecule has 0 atom stereocenters. The van der Waals surface area contributed by atoms with Crippen molar-refractivity contribution in [2.75, 3.05) is 13.1 Å². The lowest BCUT2D eigenvalue weighted by Gasteiger charge is -2.31. The molecule has 0 unspecified atom stereocenters. The summed E-state index contributed by atoms with van der Waals surface area (Å²) in [5.74, 6) is -0.495. The van der Waals surface area contributed by atoms with E-state index < -0.39 is 31.8 Å². The number of carbonyl (C=O) groups excluding carboxylic acids is 1. The lowest BCUT2D eigenvalue weighted by Crippen LogP contribution is -2.37. The molecule has 200 valence electrons. The first-order valence-electron chi connectivity index (χ1n) is 11.8. The molecule has 37 heavy (non-hydrogen) atoms. The molecule has 4 rings (SSSR count). The fourth-order valence-corrected chi connectivity index (χ4v) is 7.38. The molecule has 1 aliphatic heterocycles. The summed E-state index contributed by atoms with van der Waals surface area (Å²) >= 11 is 3.33. The van der Waals surface area contributed by atoms with Crippen LogP contribution in [-0.2, 0) is 30.7 Å². The average molecular weight is 614 g/mol. The van der Waals surface area contributed by atoms with Crippen molar-refractivity contribution in [3.63, 3.8) is 0 Å². The molecule has 1 aliphatic rings. The molecular weight excluding hydrogens is 584 g/mol. The Balaban J connectivity index is 1.54. The maximum Gasteiger partial charge on any atom is 0.253 e. The van der Waals surface area contributed by atoms with Crippen molar-refractivity contribution in [2.24, 2.45) is 0 Å². The number of nitrogens with one attached hydrogen (secondary N) is 1. The van der Waals surface area contributed by atoms with E-state index in [1.807, 2.05) is 24.6 Å². The summed E-state index contributed by atoms with van der Waals surface area (Å²) in [5, 5.41) is 0.795. The number of hydrogen-bond acceptors (Lipinski definition) is 7. The molecule has 0 aliphatic carbocycles. The number of pyridine rings is 1. The Labute approximate surface area is 225 Å². The summed E-state index contributed by atoms with van der Waals surface area (Å²) in [6, 6.07) is 10.1. The number of carbonyl (C=O) groups is 1. The molecule has 0 saturated carbocycles. The van der Waals surface area contributed by atoms with Crippen LogP contribution in [-0.4, -0.2) is 55.8 Å². The molecule has 13 heteroatoms. The van der Waals surface area contributed by atoms with E-state index in [0.29, 0.717) is 41.9 Å². The van der Waals surface area contributed by atoms with E-state index in [1.165, 1.54) is 8.87 Å². The molecule has 3 heterocycles. The van der Waals surface area contributed by atoms with Gasteiger partial charge in [-0.25, -0.2) is 21.8 Å². The summed E-state index contributed by atoms with van der Waals surface area (Å²) in [4.78, 5) is 16.0. The highest BCUT2D eigenvalue weighted by Gasteiger charge is 2.31. The predicted octanol–water partition coefficient (Wildman–Crippen LogP) is 3.58. The van der Waals surface area contributed by atoms with Gasteiger partial charge in [0.25, 0.3) is 10.0 Å². The van der Waals surface area contributed by atoms with Gasteiger partial charge in [-0.2, -0.15) is 4.31 Å². The van der Waals surface area contributed by atoms with E-state index in [2.05, 4.69) is 20.9 Å². The topological polar surface area (TPSA) is 128 Å². The maximum atomic E-state index is 13.2. The summed E-state index contributed by atoms with van der Waals surface area (Å²) in [7, 11) is -7.57. The molecule has 1 amide bonds. The van der Waals surface area contributed by atoms with Gasteiger partial charge in [-0.3, -0.25) is 9.52 Å². The van der Waals surface area contributed by atoms with Gasteiger partial charge in [-0.1, -0.05) is 0 Å². The molecule has 0 bridgehead atoms. The highest BCUT2D eigenvalue weighted by Crippen LogP contribution is 2.36. The Bertz CT molecular complexity index is 1510. The molecule has 1 aromatic carbocycles. The number of ether oxygens (including phenoxy) is 1. The van der Waals surface area contributed by atoms with Gasteiger partial charge in [-0.15, -0.1) is 0 Å². The zero-order valence-electron chi connectivity index (χ0n) is 20.7. The van der Waals surface area contributed by atoms with Crippen molar-refractivity contribution in [2.45, 2.75) is 56.4 Å². The second-order valence-corrected chi connectivity index (χ2v) is 13.7. The van der Waals surface area contributed by atoms with E-state index in [0.717, 1.165) is 17.9 Å². The van der Waals surface area contributed by atoms with Crippen LogP contribution in [0.2, 0.25) is 0 Å². The van der Waals surface area contributed by atoms with E-state index in [1.54, 1.807) is 36.5 Å². The fourth-order valence-electron chi connectivity index (χ4n) is 4.54. The first-order chi connectivity index (χ1) is 17.4. The number of benzene rings is 1. The molecule has 0 spiro atoms. The second kappa shape index (κ2) is 10.7. The van der Waals surface area contributed by atoms with Crippen LogP contribution < -0.4 is 9.46 Å². The Morgan fingerprint density at radius 1 is 1.11 bits per heavy atom. The van der Waals surface area contributed by atoms with Crippen LogP contribution in [0.3, 0.4) is 0 Å². The predicted molar refractivity (Wildman–Crippen MR) is 143 cm³/mol. The van der Waals surface area contributed by atoms with Gasteiger partial charge < -0.3 is 9.30 Å². The number of halogens is 1. The third kappa shape index (κ3) is 6.33. The van der Waals surface area contributed by atoms with Crippen LogP contribution in [0, 0.1) is 0 Å². The minimum atomic E-state index is -3.91. The monoisotopic (exact) mass is 612 g/mol. The number of rotatable bonds is 8. The number of piperidine rings is 1. The van der Waals surface area contributed by atoms with Crippen molar-refractivity contribution < 1.29 is 26.4 Å². The summed E-state index contributed by atoms with van der Waals surface area (Å²) in [5.41, 5.74) is 1.37. The zero-order chi connectivity index (χ0) is 27.0. The molecular formula is C24H29BrN4O6S2. The number of nitrogens with zero attached hydrogens (tertiary/aromatic N) is 3. The number of fused-ring (bicyclic) bond motifs is 1. The Morgan fingerprint density at radius 3 is 2.35 bits per heavy atom. The highest BCUT2D eigenvalue weighted by atomic mass is 79.9. The Kier molecular flexibility index (Phi) is 7.98. The minimum Gasteiger partial charge on any atom is -0.491 e. The van der Waals surface area contributed by atoms with Crippen LogP contribution in [0.1, 0.15) is 45.1 Å². The standard InChI is InChI=1S/C24H29BrN4O6S2/c1-16(2)35-19-4-6-20(7-5-19)37(33,34)29-12-10-18(11-13-29)22-14-28(15-36(31,32)27-17(3)30)24-21(22)8-9-23(25)26-24/h4-9,14,16,18H,10-13,15H2,1-3H3,(H,27,30). The van der Waals surface area contributed by atoms with Crippen LogP contribution in [0.25, 0.3) is 11.0 Å². The maximum absolute atomic E-state index is 13.2. The SMILES string of the molecule is CC(=O)NS(=O)(=O)Cn1cc(C2CCN(S(=O)(=O)c3ccc(OC(C)C)cc3)CC2)c2ccc(Br)nc21. The van der Waals surface area contributed by atoms with E-state index in [-0.39, 0.29) is 16.9 Å². The Hall–Kier alpha value is -2.48. The van der Waals surface area contributed by atoms with Crippen molar-refractivity contribution in [1.29, 1.82) is 0 Å². The molecule has 1 saturated heterocycles. The largest absolute Gasteiger partial charge is 0.491 e. The van der Waals surface area contributed by atoms with E-state index in [9.17, 15) is 21.6 Å². The van der Waals surface area contributed by atoms with E-state index >= 15 is 0 Å². The molecule has 1 fully saturated rings. The Morgan fingerprint density at radius 2 is 1.76 bits per heavy atom. The normalized spacial score (nSPS) is 15.8. The smallest absolute Gasteiger partial charge is 0.253 e. The third-order valence-corrected chi connectivity index (χ3v) is 9.63. The van der Waals surface area contributed by atoms with Crippen molar-refractivity contribution >= 4 is 52.9 Å². The third-order valence-electron chi connectivity index (χ3n) is 6.05.